The molecule has 1 aliphatic heterocycles. The third kappa shape index (κ3) is 4.18. The van der Waals surface area contributed by atoms with E-state index in [1.165, 1.54) is 0 Å². The Kier molecular flexibility index (Phi) is 6.36. The fourth-order valence-corrected chi connectivity index (χ4v) is 3.26. The summed E-state index contributed by atoms with van der Waals surface area (Å²) in [4.78, 5) is 50.8. The maximum atomic E-state index is 12.9. The topological polar surface area (TPSA) is 107 Å². The number of hydrogen-bond donors (Lipinski definition) is 1. The second kappa shape index (κ2) is 8.33. The van der Waals surface area contributed by atoms with Gasteiger partial charge >= 0.3 is 0 Å². The third-order valence-electron chi connectivity index (χ3n) is 4.86. The quantitative estimate of drug-likeness (QED) is 0.684. The van der Waals surface area contributed by atoms with Gasteiger partial charge in [0.05, 0.1) is 23.1 Å². The summed E-state index contributed by atoms with van der Waals surface area (Å²) in [6.45, 7) is 7.26. The number of benzene rings is 1. The van der Waals surface area contributed by atoms with Crippen LogP contribution in [0.4, 0.5) is 0 Å². The number of nitrogens with zero attached hydrogens (tertiary/aromatic N) is 1. The van der Waals surface area contributed by atoms with Crippen LogP contribution < -0.4 is 10.4 Å². The van der Waals surface area contributed by atoms with Gasteiger partial charge < -0.3 is 15.2 Å². The van der Waals surface area contributed by atoms with Gasteiger partial charge in [-0.25, -0.2) is 0 Å². The molecule has 1 aromatic rings. The van der Waals surface area contributed by atoms with E-state index in [0.29, 0.717) is 6.42 Å². The van der Waals surface area contributed by atoms with Gasteiger partial charge in [-0.3, -0.25) is 19.3 Å². The Labute approximate surface area is 158 Å². The van der Waals surface area contributed by atoms with Crippen LogP contribution in [0.1, 0.15) is 61.3 Å². The zero-order valence-electron chi connectivity index (χ0n) is 16.0. The maximum Gasteiger partial charge on any atom is 0.262 e. The highest BCUT2D eigenvalue weighted by Gasteiger charge is 2.44. The fourth-order valence-electron chi connectivity index (χ4n) is 3.26. The third-order valence-corrected chi connectivity index (χ3v) is 4.86. The molecule has 1 aromatic carbocycles. The SMILES string of the molecule is CC[C@H](C)[C@@H](C(=O)N[C@@H](CC(C)C)C(=O)[O-])N1C(=O)c2ccccc2C1=O. The van der Waals surface area contributed by atoms with Crippen molar-refractivity contribution >= 4 is 23.7 Å². The van der Waals surface area contributed by atoms with Crippen molar-refractivity contribution in [1.82, 2.24) is 10.2 Å². The number of hydrogen-bond acceptors (Lipinski definition) is 5. The minimum atomic E-state index is -1.39. The predicted molar refractivity (Wildman–Crippen MR) is 96.6 cm³/mol. The largest absolute Gasteiger partial charge is 0.548 e. The van der Waals surface area contributed by atoms with E-state index in [2.05, 4.69) is 5.32 Å². The van der Waals surface area contributed by atoms with Crippen molar-refractivity contribution in [2.45, 2.75) is 52.6 Å². The number of rotatable bonds is 8. The first-order chi connectivity index (χ1) is 12.7. The molecule has 1 N–H and O–H groups in total. The standard InChI is InChI=1S/C20H26N2O5/c1-5-12(4)16(17(23)21-15(20(26)27)10-11(2)3)22-18(24)13-8-6-7-9-14(13)19(22)25/h6-9,11-12,15-16H,5,10H2,1-4H3,(H,21,23)(H,26,27)/p-1/t12-,15-,16-/m0/s1. The lowest BCUT2D eigenvalue weighted by Gasteiger charge is -2.32. The Balaban J connectivity index is 2.33. The number of nitrogens with one attached hydrogen (secondary N) is 1. The molecule has 0 aliphatic carbocycles. The Morgan fingerprint density at radius 3 is 2.00 bits per heavy atom. The van der Waals surface area contributed by atoms with Gasteiger partial charge in [-0.2, -0.15) is 0 Å². The molecule has 3 amide bonds. The number of carboxylic acids is 1. The predicted octanol–water partition coefficient (Wildman–Crippen LogP) is 0.978. The first-order valence-corrected chi connectivity index (χ1v) is 9.17. The summed E-state index contributed by atoms with van der Waals surface area (Å²) in [5.41, 5.74) is 0.504. The molecule has 3 atom stereocenters. The molecular weight excluding hydrogens is 348 g/mol. The normalized spacial score (nSPS) is 16.9. The molecule has 2 rings (SSSR count). The lowest BCUT2D eigenvalue weighted by atomic mass is 9.95. The van der Waals surface area contributed by atoms with E-state index in [1.807, 2.05) is 20.8 Å². The number of carbonyl (C=O) groups is 4. The molecule has 7 nitrogen and oxygen atoms in total. The zero-order chi connectivity index (χ0) is 20.3. The van der Waals surface area contributed by atoms with E-state index in [4.69, 9.17) is 0 Å². The van der Waals surface area contributed by atoms with Crippen molar-refractivity contribution < 1.29 is 24.3 Å². The van der Waals surface area contributed by atoms with Crippen molar-refractivity contribution in [3.05, 3.63) is 35.4 Å². The summed E-state index contributed by atoms with van der Waals surface area (Å²) in [6, 6.07) is 4.13. The summed E-state index contributed by atoms with van der Waals surface area (Å²) in [5, 5.41) is 13.8. The van der Waals surface area contributed by atoms with Crippen molar-refractivity contribution in [2.75, 3.05) is 0 Å². The van der Waals surface area contributed by atoms with Crippen molar-refractivity contribution in [2.24, 2.45) is 11.8 Å². The number of carbonyl (C=O) groups excluding carboxylic acids is 4. The molecule has 0 fully saturated rings. The number of aliphatic carboxylic acids is 1. The molecule has 0 unspecified atom stereocenters. The molecule has 0 spiro atoms. The van der Waals surface area contributed by atoms with Gasteiger partial charge in [-0.1, -0.05) is 46.2 Å². The van der Waals surface area contributed by atoms with Crippen molar-refractivity contribution in [3.8, 4) is 0 Å². The van der Waals surface area contributed by atoms with Gasteiger partial charge in [0, 0.05) is 0 Å². The molecule has 1 aliphatic rings. The minimum absolute atomic E-state index is 0.0227. The second-order valence-electron chi connectivity index (χ2n) is 7.37. The van der Waals surface area contributed by atoms with Crippen molar-refractivity contribution in [1.29, 1.82) is 0 Å². The number of imide groups is 1. The smallest absolute Gasteiger partial charge is 0.262 e. The molecule has 0 saturated heterocycles. The van der Waals surface area contributed by atoms with Gasteiger partial charge in [-0.15, -0.1) is 0 Å². The van der Waals surface area contributed by atoms with Crippen LogP contribution in [0.5, 0.6) is 0 Å². The van der Waals surface area contributed by atoms with Crippen LogP contribution in [0, 0.1) is 11.8 Å². The number of amides is 3. The molecule has 0 saturated carbocycles. The monoisotopic (exact) mass is 373 g/mol. The van der Waals surface area contributed by atoms with Gasteiger partial charge in [0.1, 0.15) is 6.04 Å². The van der Waals surface area contributed by atoms with Crippen LogP contribution in [0.25, 0.3) is 0 Å². The molecular formula is C20H25N2O5-. The summed E-state index contributed by atoms with van der Waals surface area (Å²) in [7, 11) is 0. The van der Waals surface area contributed by atoms with Crippen LogP contribution in [0.3, 0.4) is 0 Å². The highest BCUT2D eigenvalue weighted by atomic mass is 16.4. The summed E-state index contributed by atoms with van der Waals surface area (Å²) >= 11 is 0. The first kappa shape index (κ1) is 20.6. The van der Waals surface area contributed by atoms with Crippen LogP contribution in [0.15, 0.2) is 24.3 Å². The summed E-state index contributed by atoms with van der Waals surface area (Å²) < 4.78 is 0. The highest BCUT2D eigenvalue weighted by Crippen LogP contribution is 2.28. The van der Waals surface area contributed by atoms with Gasteiger partial charge in [-0.05, 0) is 30.4 Å². The van der Waals surface area contributed by atoms with Crippen LogP contribution >= 0.6 is 0 Å². The average Bonchev–Trinajstić information content (AvgIpc) is 2.86. The van der Waals surface area contributed by atoms with Crippen LogP contribution in [-0.2, 0) is 9.59 Å². The maximum absolute atomic E-state index is 12.9. The van der Waals surface area contributed by atoms with Crippen LogP contribution in [0.2, 0.25) is 0 Å². The molecule has 0 aromatic heterocycles. The van der Waals surface area contributed by atoms with Gasteiger partial charge in [0.25, 0.3) is 11.8 Å². The lowest BCUT2D eigenvalue weighted by Crippen LogP contribution is -2.57. The highest BCUT2D eigenvalue weighted by molar-refractivity contribution is 6.22. The second-order valence-corrected chi connectivity index (χ2v) is 7.37. The van der Waals surface area contributed by atoms with E-state index < -0.39 is 35.8 Å². The number of carboxylic acid groups (broad SMARTS) is 1. The number of fused-ring (bicyclic) bond motifs is 1. The van der Waals surface area contributed by atoms with E-state index in [-0.39, 0.29) is 29.4 Å². The molecule has 7 heteroatoms. The van der Waals surface area contributed by atoms with E-state index >= 15 is 0 Å². The van der Waals surface area contributed by atoms with E-state index in [1.54, 1.807) is 31.2 Å². The first-order valence-electron chi connectivity index (χ1n) is 9.17. The van der Waals surface area contributed by atoms with E-state index in [0.717, 1.165) is 4.90 Å². The van der Waals surface area contributed by atoms with Gasteiger partial charge in [0.15, 0.2) is 0 Å². The molecule has 27 heavy (non-hydrogen) atoms. The summed E-state index contributed by atoms with van der Waals surface area (Å²) in [6.07, 6.45) is 0.731. The van der Waals surface area contributed by atoms with E-state index in [9.17, 15) is 24.3 Å². The molecule has 146 valence electrons. The lowest BCUT2D eigenvalue weighted by molar-refractivity contribution is -0.308. The zero-order valence-corrected chi connectivity index (χ0v) is 16.0. The molecule has 0 radical (unpaired) electrons. The minimum Gasteiger partial charge on any atom is -0.548 e. The Morgan fingerprint density at radius 2 is 1.59 bits per heavy atom. The fraction of sp³-hybridized carbons (Fsp3) is 0.500. The average molecular weight is 373 g/mol. The Morgan fingerprint density at radius 1 is 1.07 bits per heavy atom. The Bertz CT molecular complexity index is 723. The Hall–Kier alpha value is -2.70. The molecule has 1 heterocycles. The molecule has 0 bridgehead atoms. The van der Waals surface area contributed by atoms with Gasteiger partial charge in [0.2, 0.25) is 5.91 Å². The summed E-state index contributed by atoms with van der Waals surface area (Å²) in [5.74, 6) is -3.44. The van der Waals surface area contributed by atoms with Crippen LogP contribution in [-0.4, -0.2) is 40.7 Å². The van der Waals surface area contributed by atoms with Crippen molar-refractivity contribution in [3.63, 3.8) is 0 Å².